The van der Waals surface area contributed by atoms with Gasteiger partial charge in [0.25, 0.3) is 0 Å². The van der Waals surface area contributed by atoms with Crippen molar-refractivity contribution in [3.8, 4) is 0 Å². The monoisotopic (exact) mass is 616 g/mol. The zero-order valence-electron chi connectivity index (χ0n) is 25.0. The molecule has 1 fully saturated rings. The number of unbranched alkanes of at least 4 members (excludes halogenated alkanes) is 4. The number of hydrogen-bond donors (Lipinski definition) is 4. The molecular weight excluding hydrogens is 565 g/mol. The third kappa shape index (κ3) is 16.3. The summed E-state index contributed by atoms with van der Waals surface area (Å²) in [5.74, 6) is -0.961. The third-order valence-electron chi connectivity index (χ3n) is 6.23. The normalized spacial score (nSPS) is 25.3. The highest BCUT2D eigenvalue weighted by Crippen LogP contribution is 2.43. The van der Waals surface area contributed by atoms with Gasteiger partial charge in [-0.2, -0.15) is 0 Å². The molecule has 7 atom stereocenters. The predicted molar refractivity (Wildman–Crippen MR) is 146 cm³/mol. The standard InChI is InChI=1S/C26H50NO13P/c1-6-8-10-12-21(28)35-16-19(39-22(29)13-11-9-7-2)17-36-26-25(32)24(31)23(30)20(40-26)18-38-41(33,34)37-15-14-27(3,4)5/h19-20,23-26,30-32H,6-18H2,1-5H3/p+1/t19-,20-,23-,24+,25-,26+/m1/s1. The molecule has 1 saturated heterocycles. The summed E-state index contributed by atoms with van der Waals surface area (Å²) in [4.78, 5) is 34.3. The average molecular weight is 617 g/mol. The molecule has 0 radical (unpaired) electrons. The summed E-state index contributed by atoms with van der Waals surface area (Å²) in [6.07, 6.45) is -3.80. The number of likely N-dealkylation sites (N-methyl/N-ethyl adjacent to an activating group) is 1. The Hall–Kier alpha value is -1.19. The summed E-state index contributed by atoms with van der Waals surface area (Å²) < 4.78 is 44.4. The Morgan fingerprint density at radius 1 is 0.878 bits per heavy atom. The lowest BCUT2D eigenvalue weighted by molar-refractivity contribution is -0.870. The molecular formula is C26H51NO13P+. The quantitative estimate of drug-likeness (QED) is 0.0625. The molecule has 4 N–H and O–H groups in total. The van der Waals surface area contributed by atoms with E-state index in [1.165, 1.54) is 0 Å². The first-order chi connectivity index (χ1) is 19.2. The van der Waals surface area contributed by atoms with E-state index in [4.69, 9.17) is 28.0 Å². The summed E-state index contributed by atoms with van der Waals surface area (Å²) in [6.45, 7) is 3.05. The van der Waals surface area contributed by atoms with Gasteiger partial charge < -0.3 is 43.6 Å². The van der Waals surface area contributed by atoms with Crippen LogP contribution in [0.1, 0.15) is 65.2 Å². The van der Waals surface area contributed by atoms with Gasteiger partial charge in [0.05, 0.1) is 34.4 Å². The summed E-state index contributed by atoms with van der Waals surface area (Å²) in [7, 11) is 1.12. The minimum Gasteiger partial charge on any atom is -0.462 e. The molecule has 1 heterocycles. The van der Waals surface area contributed by atoms with E-state index >= 15 is 0 Å². The SMILES string of the molecule is CCCCCC(=O)OC[C@H](CO[C@H]1O[C@H](COP(=O)(O)OCC[N+](C)(C)C)[C@@H](O)[C@H](O)[C@H]1O)OC(=O)CCCCC. The van der Waals surface area contributed by atoms with Gasteiger partial charge in [-0.15, -0.1) is 0 Å². The molecule has 41 heavy (non-hydrogen) atoms. The zero-order chi connectivity index (χ0) is 31.1. The number of ether oxygens (including phenoxy) is 4. The summed E-state index contributed by atoms with van der Waals surface area (Å²) in [5.41, 5.74) is 0. The molecule has 1 aliphatic heterocycles. The number of nitrogens with zero attached hydrogens (tertiary/aromatic N) is 1. The number of quaternary nitrogens is 1. The van der Waals surface area contributed by atoms with Crippen LogP contribution in [0.2, 0.25) is 0 Å². The molecule has 1 aliphatic rings. The lowest BCUT2D eigenvalue weighted by Crippen LogP contribution is -2.59. The van der Waals surface area contributed by atoms with Crippen LogP contribution >= 0.6 is 7.82 Å². The Morgan fingerprint density at radius 3 is 2.07 bits per heavy atom. The predicted octanol–water partition coefficient (Wildman–Crippen LogP) is 1.27. The molecule has 1 rings (SSSR count). The molecule has 0 aromatic heterocycles. The maximum atomic E-state index is 12.3. The van der Waals surface area contributed by atoms with E-state index in [1.807, 2.05) is 35.0 Å². The second-order valence-electron chi connectivity index (χ2n) is 11.2. The second kappa shape index (κ2) is 19.2. The first-order valence-corrected chi connectivity index (χ1v) is 15.8. The van der Waals surface area contributed by atoms with Crippen molar-refractivity contribution in [2.45, 2.75) is 102 Å². The van der Waals surface area contributed by atoms with Gasteiger partial charge in [0.1, 0.15) is 44.2 Å². The fraction of sp³-hybridized carbons (Fsp3) is 0.923. The zero-order valence-corrected chi connectivity index (χ0v) is 25.9. The fourth-order valence-corrected chi connectivity index (χ4v) is 4.41. The molecule has 1 unspecified atom stereocenters. The highest BCUT2D eigenvalue weighted by Gasteiger charge is 2.45. The Bertz CT molecular complexity index is 809. The first kappa shape index (κ1) is 37.8. The number of carbonyl (C=O) groups is 2. The number of aliphatic hydroxyl groups is 3. The molecule has 0 aromatic rings. The number of hydrogen-bond acceptors (Lipinski definition) is 12. The van der Waals surface area contributed by atoms with E-state index in [0.717, 1.165) is 25.7 Å². The van der Waals surface area contributed by atoms with Gasteiger partial charge in [-0.3, -0.25) is 18.6 Å². The molecule has 15 heteroatoms. The van der Waals surface area contributed by atoms with E-state index in [1.54, 1.807) is 0 Å². The van der Waals surface area contributed by atoms with Crippen molar-refractivity contribution in [1.82, 2.24) is 0 Å². The van der Waals surface area contributed by atoms with E-state index < -0.39 is 63.2 Å². The fourth-order valence-electron chi connectivity index (χ4n) is 3.69. The third-order valence-corrected chi connectivity index (χ3v) is 7.21. The van der Waals surface area contributed by atoms with Crippen LogP contribution in [-0.2, 0) is 42.1 Å². The number of rotatable bonds is 21. The van der Waals surface area contributed by atoms with Gasteiger partial charge in [-0.05, 0) is 12.8 Å². The van der Waals surface area contributed by atoms with Crippen molar-refractivity contribution in [1.29, 1.82) is 0 Å². The Kier molecular flexibility index (Phi) is 17.7. The van der Waals surface area contributed by atoms with Gasteiger partial charge in [-0.1, -0.05) is 39.5 Å². The van der Waals surface area contributed by atoms with Crippen molar-refractivity contribution in [2.24, 2.45) is 0 Å². The highest BCUT2D eigenvalue weighted by atomic mass is 31.2. The van der Waals surface area contributed by atoms with Gasteiger partial charge in [-0.25, -0.2) is 4.57 Å². The Morgan fingerprint density at radius 2 is 1.49 bits per heavy atom. The van der Waals surface area contributed by atoms with Crippen molar-refractivity contribution in [3.05, 3.63) is 0 Å². The van der Waals surface area contributed by atoms with Crippen LogP contribution in [0.25, 0.3) is 0 Å². The number of carbonyl (C=O) groups excluding carboxylic acids is 2. The summed E-state index contributed by atoms with van der Waals surface area (Å²) >= 11 is 0. The van der Waals surface area contributed by atoms with Crippen LogP contribution in [0.4, 0.5) is 0 Å². The molecule has 14 nitrogen and oxygen atoms in total. The smallest absolute Gasteiger partial charge is 0.462 e. The first-order valence-electron chi connectivity index (χ1n) is 14.3. The van der Waals surface area contributed by atoms with Gasteiger partial charge >= 0.3 is 19.8 Å². The van der Waals surface area contributed by atoms with Crippen LogP contribution in [0.5, 0.6) is 0 Å². The van der Waals surface area contributed by atoms with Crippen LogP contribution in [0, 0.1) is 0 Å². The number of phosphoric ester groups is 1. The maximum Gasteiger partial charge on any atom is 0.472 e. The number of phosphoric acid groups is 1. The molecule has 0 aromatic carbocycles. The maximum absolute atomic E-state index is 12.3. The van der Waals surface area contributed by atoms with Crippen LogP contribution in [0.3, 0.4) is 0 Å². The van der Waals surface area contributed by atoms with E-state index in [2.05, 4.69) is 0 Å². The van der Waals surface area contributed by atoms with Gasteiger partial charge in [0.15, 0.2) is 12.4 Å². The Labute approximate surface area is 243 Å². The number of esters is 2. The van der Waals surface area contributed by atoms with Crippen LogP contribution in [-0.4, -0.2) is 128 Å². The molecule has 0 saturated carbocycles. The van der Waals surface area contributed by atoms with E-state index in [9.17, 15) is 34.4 Å². The van der Waals surface area contributed by atoms with Gasteiger partial charge in [0.2, 0.25) is 0 Å². The van der Waals surface area contributed by atoms with Crippen LogP contribution < -0.4 is 0 Å². The molecule has 0 bridgehead atoms. The van der Waals surface area contributed by atoms with Crippen molar-refractivity contribution in [2.75, 3.05) is 54.1 Å². The number of aliphatic hydroxyl groups excluding tert-OH is 3. The van der Waals surface area contributed by atoms with Crippen molar-refractivity contribution in [3.63, 3.8) is 0 Å². The minimum absolute atomic E-state index is 0.0693. The van der Waals surface area contributed by atoms with Crippen molar-refractivity contribution < 1.29 is 66.8 Å². The summed E-state index contributed by atoms with van der Waals surface area (Å²) in [6, 6.07) is 0. The molecule has 0 amide bonds. The second-order valence-corrected chi connectivity index (χ2v) is 12.6. The largest absolute Gasteiger partial charge is 0.472 e. The van der Waals surface area contributed by atoms with Gasteiger partial charge in [0, 0.05) is 12.8 Å². The van der Waals surface area contributed by atoms with E-state index in [0.29, 0.717) is 23.9 Å². The Balaban J connectivity index is 2.76. The molecule has 242 valence electrons. The molecule has 0 aliphatic carbocycles. The molecule has 0 spiro atoms. The van der Waals surface area contributed by atoms with E-state index in [-0.39, 0.29) is 32.7 Å². The van der Waals surface area contributed by atoms with Crippen LogP contribution in [0.15, 0.2) is 0 Å². The van der Waals surface area contributed by atoms with Crippen molar-refractivity contribution >= 4 is 19.8 Å². The lowest BCUT2D eigenvalue weighted by atomic mass is 9.99. The topological polar surface area (TPSA) is 188 Å². The minimum atomic E-state index is -4.51. The summed E-state index contributed by atoms with van der Waals surface area (Å²) in [5, 5.41) is 31.0. The highest BCUT2D eigenvalue weighted by molar-refractivity contribution is 7.47. The average Bonchev–Trinajstić information content (AvgIpc) is 2.88. The lowest BCUT2D eigenvalue weighted by Gasteiger charge is -2.40.